The zero-order valence-corrected chi connectivity index (χ0v) is 17.2. The van der Waals surface area contributed by atoms with Gasteiger partial charge in [-0.1, -0.05) is 6.07 Å². The first-order chi connectivity index (χ1) is 11.6. The molecule has 0 unspecified atom stereocenters. The maximum atomic E-state index is 13.4. The lowest BCUT2D eigenvalue weighted by Crippen LogP contribution is -2.47. The van der Waals surface area contributed by atoms with Crippen molar-refractivity contribution in [1.82, 2.24) is 10.6 Å². The Morgan fingerprint density at radius 2 is 1.96 bits per heavy atom. The highest BCUT2D eigenvalue weighted by Crippen LogP contribution is 2.18. The highest BCUT2D eigenvalue weighted by molar-refractivity contribution is 7.97. The summed E-state index contributed by atoms with van der Waals surface area (Å²) in [6, 6.07) is 4.71. The van der Waals surface area contributed by atoms with E-state index in [2.05, 4.69) is 15.6 Å². The number of hydrogen-bond acceptors (Lipinski definition) is 4. The van der Waals surface area contributed by atoms with E-state index in [0.717, 1.165) is 11.1 Å². The summed E-state index contributed by atoms with van der Waals surface area (Å²) in [6.45, 7) is 6.59. The van der Waals surface area contributed by atoms with E-state index in [1.807, 2.05) is 13.2 Å². The number of benzene rings is 1. The molecule has 1 rings (SSSR count). The molecule has 142 valence electrons. The van der Waals surface area contributed by atoms with Gasteiger partial charge < -0.3 is 10.6 Å². The number of guanidine groups is 1. The summed E-state index contributed by atoms with van der Waals surface area (Å²) in [6.07, 6.45) is 3.20. The third kappa shape index (κ3) is 6.86. The molecule has 2 N–H and O–H groups in total. The lowest BCUT2D eigenvalue weighted by molar-refractivity contribution is 0.544. The first-order valence-electron chi connectivity index (χ1n) is 8.08. The molecule has 0 saturated heterocycles. The highest BCUT2D eigenvalue weighted by Gasteiger charge is 2.30. The topological polar surface area (TPSA) is 70.6 Å². The molecule has 1 aromatic carbocycles. The summed E-state index contributed by atoms with van der Waals surface area (Å²) >= 11 is 1.63. The molecule has 8 heteroatoms. The van der Waals surface area contributed by atoms with Gasteiger partial charge in [0.2, 0.25) is 0 Å². The van der Waals surface area contributed by atoms with Crippen LogP contribution in [0.4, 0.5) is 4.39 Å². The molecule has 0 aliphatic carbocycles. The Labute approximate surface area is 154 Å². The van der Waals surface area contributed by atoms with Crippen molar-refractivity contribution in [2.24, 2.45) is 4.99 Å². The quantitative estimate of drug-likeness (QED) is 0.528. The first kappa shape index (κ1) is 21.8. The number of thioether (sulfide) groups is 1. The van der Waals surface area contributed by atoms with Crippen LogP contribution in [0.5, 0.6) is 0 Å². The van der Waals surface area contributed by atoms with E-state index < -0.39 is 14.6 Å². The van der Waals surface area contributed by atoms with Crippen molar-refractivity contribution in [1.29, 1.82) is 0 Å². The Morgan fingerprint density at radius 1 is 1.28 bits per heavy atom. The standard InChI is InChI=1S/C17H28FN3O2S2/c1-6-19-16(21-12-17(2,3)25(5,22)23)20-10-13-7-8-15(18)9-14(13)11-24-4/h7-9H,6,10-12H2,1-5H3,(H2,19,20,21). The van der Waals surface area contributed by atoms with Crippen molar-refractivity contribution < 1.29 is 12.8 Å². The second-order valence-corrected chi connectivity index (χ2v) is 9.94. The third-order valence-corrected chi connectivity index (χ3v) is 6.66. The molecule has 0 fully saturated rings. The minimum Gasteiger partial charge on any atom is -0.357 e. The molecule has 0 aliphatic rings. The molecule has 0 spiro atoms. The van der Waals surface area contributed by atoms with Crippen LogP contribution in [0.2, 0.25) is 0 Å². The molecule has 25 heavy (non-hydrogen) atoms. The van der Waals surface area contributed by atoms with E-state index in [1.165, 1.54) is 18.4 Å². The average molecular weight is 390 g/mol. The molecule has 0 bridgehead atoms. The summed E-state index contributed by atoms with van der Waals surface area (Å²) in [5.74, 6) is 1.00. The van der Waals surface area contributed by atoms with Crippen molar-refractivity contribution in [3.05, 3.63) is 35.1 Å². The van der Waals surface area contributed by atoms with Crippen LogP contribution in [0.25, 0.3) is 0 Å². The lowest BCUT2D eigenvalue weighted by Gasteiger charge is -2.24. The SMILES string of the molecule is CCNC(=NCc1ccc(F)cc1CSC)NCC(C)(C)S(C)(=O)=O. The Kier molecular flexibility index (Phi) is 8.21. The van der Waals surface area contributed by atoms with Gasteiger partial charge in [0.05, 0.1) is 11.3 Å². The van der Waals surface area contributed by atoms with Gasteiger partial charge in [0, 0.05) is 25.1 Å². The fraction of sp³-hybridized carbons (Fsp3) is 0.588. The van der Waals surface area contributed by atoms with Crippen molar-refractivity contribution in [3.8, 4) is 0 Å². The zero-order chi connectivity index (χ0) is 19.1. The monoisotopic (exact) mass is 389 g/mol. The van der Waals surface area contributed by atoms with Gasteiger partial charge in [-0.25, -0.2) is 17.8 Å². The minimum absolute atomic E-state index is 0.249. The zero-order valence-electron chi connectivity index (χ0n) is 15.5. The van der Waals surface area contributed by atoms with Crippen molar-refractivity contribution in [3.63, 3.8) is 0 Å². The van der Waals surface area contributed by atoms with Crippen molar-refractivity contribution in [2.75, 3.05) is 25.6 Å². The van der Waals surface area contributed by atoms with Gasteiger partial charge in [0.25, 0.3) is 0 Å². The third-order valence-electron chi connectivity index (χ3n) is 3.91. The van der Waals surface area contributed by atoms with E-state index in [1.54, 1.807) is 31.7 Å². The highest BCUT2D eigenvalue weighted by atomic mass is 32.2. The molecule has 1 aromatic rings. The maximum absolute atomic E-state index is 13.4. The van der Waals surface area contributed by atoms with Gasteiger partial charge in [-0.2, -0.15) is 11.8 Å². The van der Waals surface area contributed by atoms with Gasteiger partial charge in [-0.3, -0.25) is 0 Å². The Bertz CT molecular complexity index is 704. The van der Waals surface area contributed by atoms with Gasteiger partial charge in [0.15, 0.2) is 15.8 Å². The van der Waals surface area contributed by atoms with Crippen molar-refractivity contribution in [2.45, 2.75) is 37.8 Å². The van der Waals surface area contributed by atoms with Crippen LogP contribution in [0.15, 0.2) is 23.2 Å². The molecule has 0 amide bonds. The van der Waals surface area contributed by atoms with Crippen LogP contribution in [0.3, 0.4) is 0 Å². The molecule has 0 saturated carbocycles. The average Bonchev–Trinajstić information content (AvgIpc) is 2.50. The van der Waals surface area contributed by atoms with E-state index in [4.69, 9.17) is 0 Å². The number of sulfone groups is 1. The number of nitrogens with zero attached hydrogens (tertiary/aromatic N) is 1. The van der Waals surface area contributed by atoms with E-state index in [9.17, 15) is 12.8 Å². The van der Waals surface area contributed by atoms with Crippen LogP contribution in [0, 0.1) is 5.82 Å². The van der Waals surface area contributed by atoms with Gasteiger partial charge in [0.1, 0.15) is 5.82 Å². The Balaban J connectivity index is 2.90. The summed E-state index contributed by atoms with van der Waals surface area (Å²) in [5.41, 5.74) is 1.87. The van der Waals surface area contributed by atoms with Crippen LogP contribution in [0.1, 0.15) is 31.9 Å². The molecule has 0 aromatic heterocycles. The lowest BCUT2D eigenvalue weighted by atomic mass is 10.1. The number of nitrogens with one attached hydrogen (secondary N) is 2. The molecular weight excluding hydrogens is 361 g/mol. The van der Waals surface area contributed by atoms with Gasteiger partial charge in [-0.05, 0) is 50.3 Å². The summed E-state index contributed by atoms with van der Waals surface area (Å²) in [5, 5.41) is 6.19. The van der Waals surface area contributed by atoms with E-state index in [-0.39, 0.29) is 12.4 Å². The molecule has 5 nitrogen and oxygen atoms in total. The molecule has 0 atom stereocenters. The fourth-order valence-corrected chi connectivity index (χ4v) is 2.89. The Morgan fingerprint density at radius 3 is 2.52 bits per heavy atom. The largest absolute Gasteiger partial charge is 0.357 e. The van der Waals surface area contributed by atoms with E-state index >= 15 is 0 Å². The number of aliphatic imine (C=N–C) groups is 1. The van der Waals surface area contributed by atoms with Crippen LogP contribution >= 0.6 is 11.8 Å². The number of hydrogen-bond donors (Lipinski definition) is 2. The van der Waals surface area contributed by atoms with Crippen LogP contribution in [-0.4, -0.2) is 44.7 Å². The van der Waals surface area contributed by atoms with Gasteiger partial charge in [-0.15, -0.1) is 0 Å². The summed E-state index contributed by atoms with van der Waals surface area (Å²) in [4.78, 5) is 4.51. The normalized spacial score (nSPS) is 13.0. The molecular formula is C17H28FN3O2S2. The van der Waals surface area contributed by atoms with Gasteiger partial charge >= 0.3 is 0 Å². The second kappa shape index (κ2) is 9.43. The Hall–Kier alpha value is -1.28. The maximum Gasteiger partial charge on any atom is 0.191 e. The smallest absolute Gasteiger partial charge is 0.191 e. The van der Waals surface area contributed by atoms with Crippen LogP contribution < -0.4 is 10.6 Å². The van der Waals surface area contributed by atoms with E-state index in [0.29, 0.717) is 24.8 Å². The first-order valence-corrected chi connectivity index (χ1v) is 11.4. The van der Waals surface area contributed by atoms with Crippen molar-refractivity contribution >= 4 is 27.6 Å². The second-order valence-electron chi connectivity index (χ2n) is 6.43. The minimum atomic E-state index is -3.19. The fourth-order valence-electron chi connectivity index (χ4n) is 1.97. The molecule has 0 radical (unpaired) electrons. The summed E-state index contributed by atoms with van der Waals surface area (Å²) in [7, 11) is -3.19. The molecule has 0 aliphatic heterocycles. The summed E-state index contributed by atoms with van der Waals surface area (Å²) < 4.78 is 36.2. The predicted molar refractivity (Wildman–Crippen MR) is 105 cm³/mol. The number of rotatable bonds is 8. The molecule has 0 heterocycles. The predicted octanol–water partition coefficient (Wildman–Crippen LogP) is 2.57. The number of halogens is 1. The van der Waals surface area contributed by atoms with Crippen LogP contribution in [-0.2, 0) is 22.1 Å².